The molecule has 10 heavy (non-hydrogen) atoms. The molecule has 2 rings (SSSR count). The zero-order chi connectivity index (χ0) is 7.14. The van der Waals surface area contributed by atoms with E-state index in [0.29, 0.717) is 6.04 Å². The highest BCUT2D eigenvalue weighted by Gasteiger charge is 2.36. The quantitative estimate of drug-likeness (QED) is 0.495. The minimum Gasteiger partial charge on any atom is -0.343 e. The number of hydrogen-bond donors (Lipinski definition) is 1. The number of likely N-dealkylation sites (N-methyl/N-ethyl adjacent to an activating group) is 1. The molecule has 0 unspecified atom stereocenters. The van der Waals surface area contributed by atoms with Gasteiger partial charge in [0.1, 0.15) is 0 Å². The third kappa shape index (κ3) is 0.736. The summed E-state index contributed by atoms with van der Waals surface area (Å²) in [5, 5.41) is 3.28. The molecule has 1 amide bonds. The van der Waals surface area contributed by atoms with Crippen molar-refractivity contribution in [2.24, 2.45) is 0 Å². The van der Waals surface area contributed by atoms with Crippen molar-refractivity contribution in [2.45, 2.75) is 24.9 Å². The summed E-state index contributed by atoms with van der Waals surface area (Å²) in [4.78, 5) is 13.1. The maximum absolute atomic E-state index is 11.2. The molecular formula is C7H12N2O. The SMILES string of the molecule is CN1C[C@@H]2CC[C@@H](N2)C1=O. The Kier molecular flexibility index (Phi) is 1.20. The number of likely N-dealkylation sites (tertiary alicyclic amines) is 1. The van der Waals surface area contributed by atoms with Gasteiger partial charge in [0.15, 0.2) is 0 Å². The summed E-state index contributed by atoms with van der Waals surface area (Å²) < 4.78 is 0. The van der Waals surface area contributed by atoms with Crippen LogP contribution in [0, 0.1) is 0 Å². The van der Waals surface area contributed by atoms with E-state index in [0.717, 1.165) is 13.0 Å². The fourth-order valence-electron chi connectivity index (χ4n) is 1.84. The minimum atomic E-state index is 0.142. The van der Waals surface area contributed by atoms with Gasteiger partial charge in [-0.25, -0.2) is 0 Å². The number of amides is 1. The zero-order valence-corrected chi connectivity index (χ0v) is 6.13. The van der Waals surface area contributed by atoms with E-state index in [4.69, 9.17) is 0 Å². The Bertz CT molecular complexity index is 169. The summed E-state index contributed by atoms with van der Waals surface area (Å²) in [5.74, 6) is 0.272. The van der Waals surface area contributed by atoms with Crippen LogP contribution in [0.1, 0.15) is 12.8 Å². The predicted octanol–water partition coefficient (Wildman–Crippen LogP) is -0.421. The average molecular weight is 140 g/mol. The lowest BCUT2D eigenvalue weighted by atomic mass is 10.2. The third-order valence-electron chi connectivity index (χ3n) is 2.41. The van der Waals surface area contributed by atoms with Gasteiger partial charge in [-0.3, -0.25) is 4.79 Å². The Morgan fingerprint density at radius 3 is 3.20 bits per heavy atom. The van der Waals surface area contributed by atoms with E-state index < -0.39 is 0 Å². The maximum atomic E-state index is 11.2. The van der Waals surface area contributed by atoms with Gasteiger partial charge in [-0.05, 0) is 12.8 Å². The van der Waals surface area contributed by atoms with Crippen molar-refractivity contribution in [1.82, 2.24) is 10.2 Å². The molecule has 2 atom stereocenters. The van der Waals surface area contributed by atoms with Gasteiger partial charge in [0.25, 0.3) is 0 Å². The van der Waals surface area contributed by atoms with Crippen LogP contribution < -0.4 is 5.32 Å². The highest BCUT2D eigenvalue weighted by molar-refractivity contribution is 5.83. The number of nitrogens with one attached hydrogen (secondary N) is 1. The monoisotopic (exact) mass is 140 g/mol. The first-order valence-electron chi connectivity index (χ1n) is 3.78. The van der Waals surface area contributed by atoms with Crippen LogP contribution in [0.15, 0.2) is 0 Å². The number of piperazine rings is 1. The molecule has 0 aromatic heterocycles. The van der Waals surface area contributed by atoms with Crippen molar-refractivity contribution >= 4 is 5.91 Å². The first kappa shape index (κ1) is 6.16. The first-order chi connectivity index (χ1) is 4.77. The lowest BCUT2D eigenvalue weighted by molar-refractivity contribution is -0.133. The molecule has 0 spiro atoms. The van der Waals surface area contributed by atoms with Crippen molar-refractivity contribution in [3.05, 3.63) is 0 Å². The Morgan fingerprint density at radius 2 is 2.40 bits per heavy atom. The highest BCUT2D eigenvalue weighted by atomic mass is 16.2. The van der Waals surface area contributed by atoms with Crippen molar-refractivity contribution < 1.29 is 4.79 Å². The number of rotatable bonds is 0. The van der Waals surface area contributed by atoms with Gasteiger partial charge in [0.05, 0.1) is 6.04 Å². The van der Waals surface area contributed by atoms with Gasteiger partial charge in [-0.15, -0.1) is 0 Å². The van der Waals surface area contributed by atoms with Crippen molar-refractivity contribution in [1.29, 1.82) is 0 Å². The topological polar surface area (TPSA) is 32.3 Å². The van der Waals surface area contributed by atoms with Crippen LogP contribution in [0.5, 0.6) is 0 Å². The van der Waals surface area contributed by atoms with E-state index in [1.54, 1.807) is 0 Å². The van der Waals surface area contributed by atoms with Gasteiger partial charge >= 0.3 is 0 Å². The second kappa shape index (κ2) is 1.95. The Labute approximate surface area is 60.4 Å². The maximum Gasteiger partial charge on any atom is 0.239 e. The highest BCUT2D eigenvalue weighted by Crippen LogP contribution is 2.19. The number of carbonyl (C=O) groups is 1. The summed E-state index contributed by atoms with van der Waals surface area (Å²) in [5.41, 5.74) is 0. The van der Waals surface area contributed by atoms with Gasteiger partial charge in [-0.2, -0.15) is 0 Å². The summed E-state index contributed by atoms with van der Waals surface area (Å²) in [6.07, 6.45) is 2.20. The molecule has 0 saturated carbocycles. The molecule has 0 aromatic rings. The summed E-state index contributed by atoms with van der Waals surface area (Å²) in [7, 11) is 1.88. The standard InChI is InChI=1S/C7H12N2O/c1-9-4-5-2-3-6(8-5)7(9)10/h5-6,8H,2-4H2,1H3/t5-,6+/m0/s1. The first-order valence-corrected chi connectivity index (χ1v) is 3.78. The second-order valence-electron chi connectivity index (χ2n) is 3.21. The predicted molar refractivity (Wildman–Crippen MR) is 37.6 cm³/mol. The summed E-state index contributed by atoms with van der Waals surface area (Å²) >= 11 is 0. The van der Waals surface area contributed by atoms with Crippen molar-refractivity contribution in [3.8, 4) is 0 Å². The molecule has 2 fully saturated rings. The van der Waals surface area contributed by atoms with Crippen molar-refractivity contribution in [3.63, 3.8) is 0 Å². The second-order valence-corrected chi connectivity index (χ2v) is 3.21. The van der Waals surface area contributed by atoms with E-state index in [-0.39, 0.29) is 11.9 Å². The smallest absolute Gasteiger partial charge is 0.239 e. The molecule has 3 nitrogen and oxygen atoms in total. The van der Waals surface area contributed by atoms with E-state index in [2.05, 4.69) is 5.32 Å². The van der Waals surface area contributed by atoms with Crippen LogP contribution in [0.2, 0.25) is 0 Å². The number of nitrogens with zero attached hydrogens (tertiary/aromatic N) is 1. The normalized spacial score (nSPS) is 38.9. The molecule has 0 aliphatic carbocycles. The van der Waals surface area contributed by atoms with Gasteiger partial charge in [-0.1, -0.05) is 0 Å². The fraction of sp³-hybridized carbons (Fsp3) is 0.857. The number of carbonyl (C=O) groups excluding carboxylic acids is 1. The Balaban J connectivity index is 2.17. The van der Waals surface area contributed by atoms with Crippen LogP contribution in [-0.2, 0) is 4.79 Å². The molecule has 2 aliphatic rings. The lowest BCUT2D eigenvalue weighted by Crippen LogP contribution is -2.53. The van der Waals surface area contributed by atoms with Crippen LogP contribution >= 0.6 is 0 Å². The Morgan fingerprint density at radius 1 is 1.60 bits per heavy atom. The molecule has 2 aliphatic heterocycles. The van der Waals surface area contributed by atoms with E-state index in [1.807, 2.05) is 11.9 Å². The van der Waals surface area contributed by atoms with Gasteiger partial charge < -0.3 is 10.2 Å². The van der Waals surface area contributed by atoms with Gasteiger partial charge in [0, 0.05) is 19.6 Å². The molecule has 1 N–H and O–H groups in total. The fourth-order valence-corrected chi connectivity index (χ4v) is 1.84. The van der Waals surface area contributed by atoms with Crippen LogP contribution in [0.4, 0.5) is 0 Å². The van der Waals surface area contributed by atoms with Crippen LogP contribution in [0.3, 0.4) is 0 Å². The summed E-state index contributed by atoms with van der Waals surface area (Å²) in [6, 6.07) is 0.719. The lowest BCUT2D eigenvalue weighted by Gasteiger charge is -2.29. The van der Waals surface area contributed by atoms with Gasteiger partial charge in [0.2, 0.25) is 5.91 Å². The molecule has 3 heteroatoms. The molecular weight excluding hydrogens is 128 g/mol. The van der Waals surface area contributed by atoms with Crippen LogP contribution in [0.25, 0.3) is 0 Å². The molecule has 2 saturated heterocycles. The van der Waals surface area contributed by atoms with E-state index in [9.17, 15) is 4.79 Å². The Hall–Kier alpha value is -0.570. The van der Waals surface area contributed by atoms with E-state index in [1.165, 1.54) is 6.42 Å². The molecule has 56 valence electrons. The number of fused-ring (bicyclic) bond motifs is 2. The zero-order valence-electron chi connectivity index (χ0n) is 6.13. The van der Waals surface area contributed by atoms with E-state index >= 15 is 0 Å². The third-order valence-corrected chi connectivity index (χ3v) is 2.41. The van der Waals surface area contributed by atoms with Crippen LogP contribution in [-0.4, -0.2) is 36.5 Å². The largest absolute Gasteiger partial charge is 0.343 e. The molecule has 2 heterocycles. The number of hydrogen-bond acceptors (Lipinski definition) is 2. The van der Waals surface area contributed by atoms with Crippen molar-refractivity contribution in [2.75, 3.05) is 13.6 Å². The molecule has 0 radical (unpaired) electrons. The average Bonchev–Trinajstić information content (AvgIpc) is 2.29. The molecule has 2 bridgehead atoms. The minimum absolute atomic E-state index is 0.142. The summed E-state index contributed by atoms with van der Waals surface area (Å²) in [6.45, 7) is 0.898. The molecule has 0 aromatic carbocycles.